The smallest absolute Gasteiger partial charge is 0.411 e. The third kappa shape index (κ3) is 45.8. The fourth-order valence-electron chi connectivity index (χ4n) is 10.5. The molecule has 5 heterocycles. The van der Waals surface area contributed by atoms with E-state index in [2.05, 4.69) is 301 Å². The molecule has 28 heteroatoms. The molecule has 0 bridgehead atoms. The number of hydrogen-bond acceptors (Lipinski definition) is 19. The van der Waals surface area contributed by atoms with Crippen molar-refractivity contribution < 1.29 is 39.0 Å². The van der Waals surface area contributed by atoms with E-state index in [1.807, 2.05) is 59.0 Å². The number of hydrogen-bond donors (Lipinski definition) is 6. The van der Waals surface area contributed by atoms with Crippen LogP contribution in [0.1, 0.15) is 111 Å². The highest BCUT2D eigenvalue weighted by molar-refractivity contribution is 9.11. The minimum absolute atomic E-state index is 0.215. The van der Waals surface area contributed by atoms with Crippen molar-refractivity contribution in [2.75, 3.05) is 200 Å². The number of aliphatic hydroxyl groups excluding tert-OH is 2. The molecule has 6 N–H and O–H groups in total. The lowest BCUT2D eigenvalue weighted by Gasteiger charge is -2.33. The lowest BCUT2D eigenvalue weighted by Crippen LogP contribution is -2.46. The van der Waals surface area contributed by atoms with E-state index in [9.17, 15) is 0 Å². The van der Waals surface area contributed by atoms with Crippen LogP contribution in [0.25, 0.3) is 0 Å². The van der Waals surface area contributed by atoms with Crippen LogP contribution in [0.15, 0.2) is 139 Å². The molecule has 0 saturated carbocycles. The summed E-state index contributed by atoms with van der Waals surface area (Å²) in [7, 11) is 21.4. The van der Waals surface area contributed by atoms with Crippen molar-refractivity contribution in [3.63, 3.8) is 0 Å². The van der Waals surface area contributed by atoms with Crippen molar-refractivity contribution in [2.45, 2.75) is 148 Å². The predicted molar refractivity (Wildman–Crippen MR) is 488 cm³/mol. The molecule has 5 aromatic rings. The van der Waals surface area contributed by atoms with Gasteiger partial charge in [-0.15, -0.1) is 11.6 Å². The first-order chi connectivity index (χ1) is 52.0. The monoisotopic (exact) mass is 1880 g/mol. The normalized spacial score (nSPS) is 17.7. The summed E-state index contributed by atoms with van der Waals surface area (Å²) in [6.07, 6.45) is 0. The number of halogens is 6. The van der Waals surface area contributed by atoms with Crippen LogP contribution in [-0.4, -0.2) is 320 Å². The van der Waals surface area contributed by atoms with Crippen LogP contribution in [0, 0.1) is 0 Å². The van der Waals surface area contributed by atoms with Crippen molar-refractivity contribution >= 4 is 119 Å². The number of piperazine rings is 3. The topological polar surface area (TPSA) is 171 Å². The molecule has 0 atom stereocenters. The van der Waals surface area contributed by atoms with Crippen LogP contribution in [0.4, 0.5) is 0 Å². The largest absolute Gasteiger partial charge is 0.494 e. The Hall–Kier alpha value is -1.78. The van der Waals surface area contributed by atoms with Gasteiger partial charge in [0, 0.05) is 180 Å². The molecule has 0 aliphatic carbocycles. The molecule has 19 nitrogen and oxygen atoms in total. The maximum atomic E-state index is 9.10. The Balaban J connectivity index is 0.000000444. The van der Waals surface area contributed by atoms with E-state index in [0.717, 1.165) is 101 Å². The number of aliphatic hydroxyl groups is 4. The summed E-state index contributed by atoms with van der Waals surface area (Å²) in [5.41, 5.74) is 4.52. The maximum Gasteiger partial charge on any atom is 0.494 e. The molecule has 0 amide bonds. The highest BCUT2D eigenvalue weighted by atomic mass is 79.9. The van der Waals surface area contributed by atoms with E-state index < -0.39 is 18.2 Å². The molecule has 0 unspecified atom stereocenters. The zero-order valence-corrected chi connectivity index (χ0v) is 79.8. The molecular formula is C83H140B3Br5ClN11O8. The lowest BCUT2D eigenvalue weighted by atomic mass is 9.63. The summed E-state index contributed by atoms with van der Waals surface area (Å²) >= 11 is 22.6. The second-order valence-corrected chi connectivity index (χ2v) is 36.8. The van der Waals surface area contributed by atoms with Gasteiger partial charge < -0.3 is 79.1 Å². The molecule has 0 aromatic heterocycles. The van der Waals surface area contributed by atoms with E-state index in [1.165, 1.54) is 99.8 Å². The van der Waals surface area contributed by atoms with Gasteiger partial charge in [0.1, 0.15) is 7.74 Å². The van der Waals surface area contributed by atoms with Crippen molar-refractivity contribution in [1.82, 2.24) is 54.7 Å². The van der Waals surface area contributed by atoms with E-state index >= 15 is 0 Å². The van der Waals surface area contributed by atoms with Crippen LogP contribution in [0.5, 0.6) is 0 Å². The van der Waals surface area contributed by atoms with Gasteiger partial charge in [-0.05, 0) is 221 Å². The Morgan fingerprint density at radius 3 is 0.991 bits per heavy atom. The van der Waals surface area contributed by atoms with Crippen LogP contribution in [0.3, 0.4) is 0 Å². The number of likely N-dealkylation sites (N-methyl/N-ethyl adjacent to an activating group) is 7. The van der Waals surface area contributed by atoms with Gasteiger partial charge in [-0.3, -0.25) is 14.7 Å². The van der Waals surface area contributed by atoms with Crippen molar-refractivity contribution in [3.8, 4) is 0 Å². The van der Waals surface area contributed by atoms with Crippen molar-refractivity contribution in [2.24, 2.45) is 0 Å². The van der Waals surface area contributed by atoms with Crippen LogP contribution >= 0.6 is 91.3 Å². The molecular weight excluding hydrogens is 1750 g/mol. The Morgan fingerprint density at radius 1 is 0.459 bits per heavy atom. The molecule has 5 aliphatic heterocycles. The first kappa shape index (κ1) is 105. The number of rotatable bonds is 23. The predicted octanol–water partition coefficient (Wildman–Crippen LogP) is 12.1. The Labute approximate surface area is 721 Å². The highest BCUT2D eigenvalue weighted by Gasteiger charge is 2.52. The molecule has 626 valence electrons. The van der Waals surface area contributed by atoms with Gasteiger partial charge in [-0.1, -0.05) is 152 Å². The Morgan fingerprint density at radius 2 is 0.748 bits per heavy atom. The minimum Gasteiger partial charge on any atom is -0.411 e. The minimum atomic E-state index is -1.01. The van der Waals surface area contributed by atoms with Gasteiger partial charge in [0.05, 0.1) is 46.8 Å². The lowest BCUT2D eigenvalue weighted by molar-refractivity contribution is -0.107. The van der Waals surface area contributed by atoms with Crippen LogP contribution < -0.4 is 16.1 Å². The van der Waals surface area contributed by atoms with E-state index in [4.69, 9.17) is 58.4 Å². The van der Waals surface area contributed by atoms with Crippen LogP contribution in [-0.2, 0) is 50.1 Å². The number of benzene rings is 5. The third-order valence-electron chi connectivity index (χ3n) is 20.3. The summed E-state index contributed by atoms with van der Waals surface area (Å²) in [6.45, 7) is 48.1. The molecule has 2 radical (unpaired) electrons. The van der Waals surface area contributed by atoms with Gasteiger partial charge in [0.25, 0.3) is 0 Å². The molecule has 111 heavy (non-hydrogen) atoms. The second kappa shape index (κ2) is 55.1. The molecule has 10 rings (SSSR count). The summed E-state index contributed by atoms with van der Waals surface area (Å²) in [5, 5.41) is 41.9. The standard InChI is InChI=1S/C21H36BN3O2.C15H24BrN3.C10H13BrClN.C10H14BrNO.C7H6Br2.C6H12B2O2.C6H14O2.C5H12N2.C3H9NO/c1-20(2)21(3,4)27-22(26-20)19-9-7-18(8-10-19)17-24(6)13-16-25-14-11-23(5)12-15-25;1-17-7-10-19(11-8-17)12-9-18(2)13-14-3-5-15(16)6-4-14;1-13(7-6-12)8-9-2-4-10(11)5-3-9;1-12(6-7-13)8-9-2-4-10(11)5-3-9;8-5-6-1-3-7(9)4-2-6;1-5(2)6(3,4)10-8(7)9-5;1-5(2,7)6(3,4)8;1-7-4-2-6-3-5-7;1-4-2-3-5/h7-10H,11-17H2,1-6H3;3-6H,7-13H2,1-2H3;2-5H,6-8H2,1H3;2-5,13H,6-8H2,1H3;1-4H,5H2;1-4H3;7-8H,1-4H3;6H,2-5H2,1H3;4-5H,2-3H2,1H3. The molecule has 5 saturated heterocycles. The summed E-state index contributed by atoms with van der Waals surface area (Å²) in [5.74, 6) is 0.688. The van der Waals surface area contributed by atoms with Gasteiger partial charge in [-0.2, -0.15) is 0 Å². The SMILES string of the molecule is BrCc1ccc(Br)cc1.CC(C)(O)C(C)(C)O.CN(CCCl)Cc1ccc(Br)cc1.CN(CCO)Cc1ccc(Br)cc1.CN1CCN(CCN(C)Cc2ccc(B3OC(C)(C)C(C)(C)O3)cc2)CC1.CN1CCN(CCN(C)Cc2ccc(Br)cc2)CC1.CN1CCNCC1.CNCCO.[B]B1OC(C)(C)C(C)(C)O1. The zero-order valence-electron chi connectivity index (χ0n) is 71.1. The first-order valence-corrected chi connectivity index (χ1v) is 43.7. The summed E-state index contributed by atoms with van der Waals surface area (Å²) < 4.78 is 27.4. The summed E-state index contributed by atoms with van der Waals surface area (Å²) in [4.78, 5) is 21.4. The second-order valence-electron chi connectivity index (χ2n) is 32.2. The third-order valence-corrected chi connectivity index (χ3v) is 23.3. The molecule has 0 spiro atoms. The number of nitrogens with zero attached hydrogens (tertiary/aromatic N) is 9. The van der Waals surface area contributed by atoms with Crippen molar-refractivity contribution in [1.29, 1.82) is 0 Å². The zero-order chi connectivity index (χ0) is 83.6. The van der Waals surface area contributed by atoms with Gasteiger partial charge in [-0.25, -0.2) is 0 Å². The van der Waals surface area contributed by atoms with Gasteiger partial charge >= 0.3 is 14.1 Å². The van der Waals surface area contributed by atoms with Crippen molar-refractivity contribution in [3.05, 3.63) is 167 Å². The Bertz CT molecular complexity index is 3070. The quantitative estimate of drug-likeness (QED) is 0.0269. The van der Waals surface area contributed by atoms with E-state index in [0.29, 0.717) is 12.4 Å². The highest BCUT2D eigenvalue weighted by Crippen LogP contribution is 2.37. The first-order valence-electron chi connectivity index (χ1n) is 38.9. The van der Waals surface area contributed by atoms with E-state index in [-0.39, 0.29) is 42.7 Å². The molecule has 5 aromatic carbocycles. The fraction of sp³-hybridized carbons (Fsp3) is 0.639. The van der Waals surface area contributed by atoms with Crippen LogP contribution in [0.2, 0.25) is 0 Å². The average molecular weight is 1890 g/mol. The van der Waals surface area contributed by atoms with E-state index in [1.54, 1.807) is 34.7 Å². The summed E-state index contributed by atoms with van der Waals surface area (Å²) in [6, 6.07) is 42.1. The fourth-order valence-corrected chi connectivity index (χ4v) is 12.2. The number of nitrogens with one attached hydrogen (secondary N) is 2. The molecule has 5 fully saturated rings. The van der Waals surface area contributed by atoms with Gasteiger partial charge in [0.15, 0.2) is 0 Å². The maximum absolute atomic E-state index is 9.10. The average Bonchev–Trinajstić information content (AvgIpc) is 1.64. The van der Waals surface area contributed by atoms with Gasteiger partial charge in [0.2, 0.25) is 0 Å². The molecule has 5 aliphatic rings. The Kier molecular flexibility index (Phi) is 52.3. The number of alkyl halides is 2.